The van der Waals surface area contributed by atoms with Crippen molar-refractivity contribution in [3.05, 3.63) is 0 Å². The number of fused-ring (bicyclic) bond motifs is 3. The van der Waals surface area contributed by atoms with E-state index in [-0.39, 0.29) is 23.7 Å². The van der Waals surface area contributed by atoms with Crippen LogP contribution < -0.4 is 0 Å². The summed E-state index contributed by atoms with van der Waals surface area (Å²) in [4.78, 5) is 25.9. The van der Waals surface area contributed by atoms with Gasteiger partial charge in [0.2, 0.25) is 0 Å². The Morgan fingerprint density at radius 2 is 1.58 bits per heavy atom. The van der Waals surface area contributed by atoms with Crippen LogP contribution in [-0.4, -0.2) is 68.6 Å². The van der Waals surface area contributed by atoms with E-state index in [1.54, 1.807) is 0 Å². The normalized spacial score (nSPS) is 40.5. The monoisotopic (exact) mass is 564 g/mol. The van der Waals surface area contributed by atoms with Crippen LogP contribution in [0.2, 0.25) is 0 Å². The molecule has 16 heteroatoms. The van der Waals surface area contributed by atoms with Crippen molar-refractivity contribution in [2.24, 2.45) is 35.5 Å². The Morgan fingerprint density at radius 3 is 2.19 bits per heavy atom. The highest BCUT2D eigenvalue weighted by atomic mass is 32.2. The van der Waals surface area contributed by atoms with E-state index >= 15 is 0 Å². The number of esters is 2. The fraction of sp³-hybridized carbons (Fsp3) is 0.900. The molecular weight excluding hydrogens is 540 g/mol. The van der Waals surface area contributed by atoms with Gasteiger partial charge in [0, 0.05) is 11.8 Å². The molecule has 9 unspecified atom stereocenters. The van der Waals surface area contributed by atoms with Gasteiger partial charge in [-0.2, -0.15) is 34.4 Å². The largest absolute Gasteiger partial charge is 0.465 e. The first kappa shape index (κ1) is 26.1. The van der Waals surface area contributed by atoms with Crippen LogP contribution in [-0.2, 0) is 43.5 Å². The fourth-order valence-electron chi connectivity index (χ4n) is 6.94. The van der Waals surface area contributed by atoms with E-state index in [0.29, 0.717) is 32.1 Å². The molecule has 4 bridgehead atoms. The number of halogens is 4. The molecular formula is C20H24F4O10S2. The van der Waals surface area contributed by atoms with Crippen LogP contribution in [0, 0.1) is 35.5 Å². The highest BCUT2D eigenvalue weighted by Crippen LogP contribution is 2.57. The van der Waals surface area contributed by atoms with Crippen LogP contribution in [0.3, 0.4) is 0 Å². The number of hydrogen-bond acceptors (Lipinski definition) is 9. The minimum atomic E-state index is -6.41. The average molecular weight is 565 g/mol. The summed E-state index contributed by atoms with van der Waals surface area (Å²) in [6.07, 6.45) is -0.939. The Balaban J connectivity index is 1.23. The molecule has 36 heavy (non-hydrogen) atoms. The molecule has 204 valence electrons. The third-order valence-corrected chi connectivity index (χ3v) is 11.3. The minimum Gasteiger partial charge on any atom is -0.465 e. The Labute approximate surface area is 203 Å². The van der Waals surface area contributed by atoms with Gasteiger partial charge in [0.25, 0.3) is 10.1 Å². The van der Waals surface area contributed by atoms with E-state index in [4.69, 9.17) is 18.2 Å². The Kier molecular flexibility index (Phi) is 5.97. The van der Waals surface area contributed by atoms with Crippen molar-refractivity contribution < 1.29 is 62.2 Å². The number of ether oxygens (including phenoxy) is 2. The topological polar surface area (TPSA) is 150 Å². The molecule has 0 aromatic carbocycles. The van der Waals surface area contributed by atoms with Crippen molar-refractivity contribution in [2.45, 2.75) is 67.2 Å². The zero-order chi connectivity index (χ0) is 26.4. The van der Waals surface area contributed by atoms with Gasteiger partial charge in [-0.25, -0.2) is 0 Å². The number of rotatable bonds is 8. The van der Waals surface area contributed by atoms with E-state index in [1.807, 2.05) is 0 Å². The zero-order valence-electron chi connectivity index (χ0n) is 18.6. The summed E-state index contributed by atoms with van der Waals surface area (Å²) in [7, 11) is -10.1. The van der Waals surface area contributed by atoms with Crippen molar-refractivity contribution in [1.82, 2.24) is 0 Å². The molecule has 1 saturated heterocycles. The molecule has 0 spiro atoms. The molecule has 0 aromatic rings. The van der Waals surface area contributed by atoms with Gasteiger partial charge >= 0.3 is 33.2 Å². The Hall–Kier alpha value is -1.52. The van der Waals surface area contributed by atoms with E-state index in [9.17, 15) is 44.0 Å². The molecule has 5 aliphatic rings. The Bertz CT molecular complexity index is 1170. The number of hydrogen-bond donors (Lipinski definition) is 1. The van der Waals surface area contributed by atoms with Gasteiger partial charge in [-0.05, 0) is 43.9 Å². The molecule has 0 radical (unpaired) electrons. The minimum absolute atomic E-state index is 0.193. The van der Waals surface area contributed by atoms with E-state index in [0.717, 1.165) is 0 Å². The number of carbonyl (C=O) groups is 2. The summed E-state index contributed by atoms with van der Waals surface area (Å²) >= 11 is 0. The molecule has 1 heterocycles. The molecule has 4 saturated carbocycles. The Morgan fingerprint density at radius 1 is 0.972 bits per heavy atom. The fourth-order valence-corrected chi connectivity index (χ4v) is 9.30. The molecule has 9 atom stereocenters. The van der Waals surface area contributed by atoms with E-state index in [2.05, 4.69) is 0 Å². The van der Waals surface area contributed by atoms with E-state index in [1.165, 1.54) is 0 Å². The second-order valence-corrected chi connectivity index (χ2v) is 13.6. The molecule has 1 aliphatic heterocycles. The summed E-state index contributed by atoms with van der Waals surface area (Å²) in [6.45, 7) is -1.27. The summed E-state index contributed by atoms with van der Waals surface area (Å²) < 4.78 is 124. The van der Waals surface area contributed by atoms with Gasteiger partial charge in [0.05, 0.1) is 30.1 Å². The highest BCUT2D eigenvalue weighted by Gasteiger charge is 2.67. The first-order chi connectivity index (χ1) is 16.5. The molecule has 0 aromatic heterocycles. The third-order valence-electron chi connectivity index (χ3n) is 8.54. The van der Waals surface area contributed by atoms with Crippen LogP contribution in [0.4, 0.5) is 17.6 Å². The van der Waals surface area contributed by atoms with Gasteiger partial charge < -0.3 is 9.47 Å². The van der Waals surface area contributed by atoms with Gasteiger partial charge in [-0.1, -0.05) is 0 Å². The van der Waals surface area contributed by atoms with Crippen LogP contribution >= 0.6 is 0 Å². The van der Waals surface area contributed by atoms with Crippen molar-refractivity contribution in [2.75, 3.05) is 6.61 Å². The highest BCUT2D eigenvalue weighted by molar-refractivity contribution is 7.87. The summed E-state index contributed by atoms with van der Waals surface area (Å²) in [5.41, 5.74) is 0. The quantitative estimate of drug-likeness (QED) is 0.200. The number of carbonyl (C=O) groups excluding carboxylic acids is 2. The van der Waals surface area contributed by atoms with E-state index < -0.39 is 85.7 Å². The average Bonchev–Trinajstić information content (AvgIpc) is 3.54. The standard InChI is InChI=1S/C20H24F4O10S2/c21-19(22,20(23,24)36(29,30)31)3-4-32-17(25)13-8-1-2-9(5-8)14(13)18(26)33-15-10-6-11-12(7-10)35(27,28)34-16(11)15/h8-16H,1-7H2,(H,29,30,31). The summed E-state index contributed by atoms with van der Waals surface area (Å²) in [6, 6.07) is 0. The molecule has 1 N–H and O–H groups in total. The molecule has 10 nitrogen and oxygen atoms in total. The van der Waals surface area contributed by atoms with Crippen LogP contribution in [0.15, 0.2) is 0 Å². The van der Waals surface area contributed by atoms with Gasteiger partial charge in [0.1, 0.15) is 12.2 Å². The maximum Gasteiger partial charge on any atom is 0.431 e. The smallest absolute Gasteiger partial charge is 0.431 e. The lowest BCUT2D eigenvalue weighted by molar-refractivity contribution is -0.180. The molecule has 5 rings (SSSR count). The van der Waals surface area contributed by atoms with Crippen LogP contribution in [0.25, 0.3) is 0 Å². The predicted molar refractivity (Wildman–Crippen MR) is 109 cm³/mol. The maximum atomic E-state index is 13.7. The third kappa shape index (κ3) is 3.85. The number of alkyl halides is 4. The summed E-state index contributed by atoms with van der Waals surface area (Å²) in [5.74, 6) is -10.1. The second-order valence-electron chi connectivity index (χ2n) is 10.4. The lowest BCUT2D eigenvalue weighted by Gasteiger charge is -2.31. The van der Waals surface area contributed by atoms with Crippen molar-refractivity contribution >= 4 is 32.2 Å². The predicted octanol–water partition coefficient (Wildman–Crippen LogP) is 1.75. The zero-order valence-corrected chi connectivity index (χ0v) is 20.2. The van der Waals surface area contributed by atoms with Crippen molar-refractivity contribution in [3.63, 3.8) is 0 Å². The van der Waals surface area contributed by atoms with Crippen LogP contribution in [0.5, 0.6) is 0 Å². The lowest BCUT2D eigenvalue weighted by Crippen LogP contribution is -2.47. The van der Waals surface area contributed by atoms with Gasteiger partial charge in [-0.15, -0.1) is 0 Å². The maximum absolute atomic E-state index is 13.7. The van der Waals surface area contributed by atoms with Gasteiger partial charge in [-0.3, -0.25) is 18.3 Å². The first-order valence-electron chi connectivity index (χ1n) is 11.6. The first-order valence-corrected chi connectivity index (χ1v) is 14.5. The second kappa shape index (κ2) is 8.24. The molecule has 0 amide bonds. The lowest BCUT2D eigenvalue weighted by atomic mass is 9.79. The molecule has 5 fully saturated rings. The van der Waals surface area contributed by atoms with Crippen LogP contribution in [0.1, 0.15) is 38.5 Å². The SMILES string of the molecule is O=C(OCCC(F)(F)C(F)(F)S(=O)(=O)O)C1C2CCC(C2)C1C(=O)OC1C2CC3C1OS(=O)(=O)C3C2. The molecule has 4 aliphatic carbocycles. The van der Waals surface area contributed by atoms with Crippen molar-refractivity contribution in [3.8, 4) is 0 Å². The van der Waals surface area contributed by atoms with Gasteiger partial charge in [0.15, 0.2) is 0 Å². The summed E-state index contributed by atoms with van der Waals surface area (Å²) in [5, 5.41) is -6.39. The van der Waals surface area contributed by atoms with Crippen molar-refractivity contribution in [1.29, 1.82) is 0 Å².